The number of hydrogen-bond donors (Lipinski definition) is 2. The number of nitrogens with one attached hydrogen (secondary N) is 1. The minimum atomic E-state index is -0.492. The van der Waals surface area contributed by atoms with Gasteiger partial charge in [-0.15, -0.1) is 4.58 Å². The van der Waals surface area contributed by atoms with Crippen LogP contribution >= 0.6 is 0 Å². The van der Waals surface area contributed by atoms with E-state index in [1.807, 2.05) is 18.4 Å². The highest BCUT2D eigenvalue weighted by molar-refractivity contribution is 5.88. The third-order valence-corrected chi connectivity index (χ3v) is 9.02. The van der Waals surface area contributed by atoms with Crippen LogP contribution in [-0.4, -0.2) is 47.0 Å². The molecule has 1 aliphatic carbocycles. The van der Waals surface area contributed by atoms with Gasteiger partial charge in [0.25, 0.3) is 0 Å². The lowest BCUT2D eigenvalue weighted by Crippen LogP contribution is -2.47. The normalized spacial score (nSPS) is 28.5. The van der Waals surface area contributed by atoms with Crippen LogP contribution in [0, 0.1) is 18.8 Å². The minimum Gasteiger partial charge on any atom is -0.370 e. The summed E-state index contributed by atoms with van der Waals surface area (Å²) < 4.78 is 7.42. The Kier molecular flexibility index (Phi) is 17.8. The van der Waals surface area contributed by atoms with Crippen molar-refractivity contribution in [3.63, 3.8) is 0 Å². The first-order valence-electron chi connectivity index (χ1n) is 16.9. The van der Waals surface area contributed by atoms with Gasteiger partial charge in [-0.05, 0) is 32.1 Å². The molecule has 6 nitrogen and oxygen atoms in total. The zero-order valence-corrected chi connectivity index (χ0v) is 26.4. The van der Waals surface area contributed by atoms with Crippen molar-refractivity contribution in [1.82, 2.24) is 5.32 Å². The first-order valence-corrected chi connectivity index (χ1v) is 16.9. The van der Waals surface area contributed by atoms with E-state index in [1.54, 1.807) is 0 Å². The van der Waals surface area contributed by atoms with E-state index in [4.69, 9.17) is 10.5 Å². The van der Waals surface area contributed by atoms with Crippen LogP contribution in [0.25, 0.3) is 0 Å². The predicted octanol–water partition coefficient (Wildman–Crippen LogP) is 7.47. The number of ether oxygens (including phenoxy) is 1. The molecule has 230 valence electrons. The van der Waals surface area contributed by atoms with Crippen LogP contribution in [0.1, 0.15) is 156 Å². The maximum Gasteiger partial charge on any atom is 0.407 e. The van der Waals surface area contributed by atoms with E-state index in [0.717, 1.165) is 18.6 Å². The number of epoxide rings is 1. The molecule has 0 aromatic heterocycles. The Morgan fingerprint density at radius 1 is 0.850 bits per heavy atom. The van der Waals surface area contributed by atoms with Gasteiger partial charge >= 0.3 is 11.6 Å². The summed E-state index contributed by atoms with van der Waals surface area (Å²) in [6.07, 6.45) is 26.0. The summed E-state index contributed by atoms with van der Waals surface area (Å²) in [6.45, 7) is 11.2. The van der Waals surface area contributed by atoms with Gasteiger partial charge in [0, 0.05) is 12.3 Å². The van der Waals surface area contributed by atoms with Gasteiger partial charge < -0.3 is 10.5 Å². The number of rotatable bonds is 8. The predicted molar refractivity (Wildman–Crippen MR) is 166 cm³/mol. The molecule has 1 saturated heterocycles. The molecule has 0 radical (unpaired) electrons. The Balaban J connectivity index is 2.01. The fourth-order valence-corrected chi connectivity index (χ4v) is 6.38. The van der Waals surface area contributed by atoms with Gasteiger partial charge in [-0.25, -0.2) is 4.79 Å². The van der Waals surface area contributed by atoms with Gasteiger partial charge in [0.15, 0.2) is 13.5 Å². The molecule has 0 aromatic carbocycles. The van der Waals surface area contributed by atoms with Crippen molar-refractivity contribution in [3.8, 4) is 0 Å². The second-order valence-corrected chi connectivity index (χ2v) is 13.1. The van der Waals surface area contributed by atoms with Crippen molar-refractivity contribution in [3.05, 3.63) is 6.92 Å². The summed E-state index contributed by atoms with van der Waals surface area (Å²) in [5.41, 5.74) is 6.21. The molecule has 0 aromatic rings. The number of carbonyl (C=O) groups excluding carboxylic acids is 2. The van der Waals surface area contributed by atoms with Gasteiger partial charge in [0.2, 0.25) is 5.91 Å². The van der Waals surface area contributed by atoms with Crippen LogP contribution in [0.2, 0.25) is 0 Å². The van der Waals surface area contributed by atoms with Gasteiger partial charge in [0.1, 0.15) is 12.3 Å². The van der Waals surface area contributed by atoms with Crippen molar-refractivity contribution in [2.75, 3.05) is 6.54 Å². The molecule has 40 heavy (non-hydrogen) atoms. The Labute approximate surface area is 246 Å². The van der Waals surface area contributed by atoms with Gasteiger partial charge in [-0.1, -0.05) is 116 Å². The van der Waals surface area contributed by atoms with Crippen molar-refractivity contribution < 1.29 is 18.9 Å². The van der Waals surface area contributed by atoms with E-state index in [2.05, 4.69) is 19.2 Å². The monoisotopic (exact) mass is 561 g/mol. The first-order chi connectivity index (χ1) is 19.3. The summed E-state index contributed by atoms with van der Waals surface area (Å²) in [7, 11) is 0. The van der Waals surface area contributed by atoms with Crippen LogP contribution < -0.4 is 11.1 Å². The molecule has 0 bridgehead atoms. The molecule has 0 spiro atoms. The van der Waals surface area contributed by atoms with E-state index >= 15 is 0 Å². The third kappa shape index (κ3) is 15.6. The first kappa shape index (κ1) is 34.8. The molecule has 5 atom stereocenters. The van der Waals surface area contributed by atoms with E-state index < -0.39 is 6.04 Å². The highest BCUT2D eigenvalue weighted by atomic mass is 16.6. The SMILES string of the molecule is [CH2+]C(C)=[N+](CC1CCCCCCCCCCCCCCCCCCC(C)C1)C(=O)C(CCC(N)=O)NC1OC1C. The number of carbonyl (C=O) groups is 2. The standard InChI is InChI=1S/C34H62N3O3/c1-27(2)37(34(39)31(23-24-32(35)38)36-33-29(4)40-33)26-30-22-20-18-16-14-12-10-8-6-5-7-9-11-13-15-17-19-21-28(3)25-30/h28-31,33,36H,1,5-26H2,2-4H3,(H-,35,38)/q+1/p+1. The lowest BCUT2D eigenvalue weighted by atomic mass is 9.87. The smallest absolute Gasteiger partial charge is 0.370 e. The van der Waals surface area contributed by atoms with E-state index in [0.29, 0.717) is 24.8 Å². The zero-order chi connectivity index (χ0) is 29.2. The van der Waals surface area contributed by atoms with Gasteiger partial charge in [-0.3, -0.25) is 10.1 Å². The molecule has 2 rings (SSSR count). The highest BCUT2D eigenvalue weighted by Gasteiger charge is 2.41. The van der Waals surface area contributed by atoms with Crippen molar-refractivity contribution in [2.24, 2.45) is 17.6 Å². The van der Waals surface area contributed by atoms with Crippen molar-refractivity contribution >= 4 is 17.5 Å². The molecule has 1 saturated carbocycles. The zero-order valence-electron chi connectivity index (χ0n) is 26.4. The number of nitrogens with zero attached hydrogens (tertiary/aromatic N) is 1. The number of amides is 2. The van der Waals surface area contributed by atoms with Crippen LogP contribution in [0.4, 0.5) is 0 Å². The van der Waals surface area contributed by atoms with Crippen LogP contribution in [0.3, 0.4) is 0 Å². The fraction of sp³-hybridized carbons (Fsp3) is 0.882. The van der Waals surface area contributed by atoms with E-state index in [1.165, 1.54) is 109 Å². The molecular formula is C34H63N3O3+2. The summed E-state index contributed by atoms with van der Waals surface area (Å²) in [5, 5.41) is 3.32. The molecular weight excluding hydrogens is 498 g/mol. The summed E-state index contributed by atoms with van der Waals surface area (Å²) in [4.78, 5) is 25.3. The van der Waals surface area contributed by atoms with Gasteiger partial charge in [-0.2, -0.15) is 0 Å². The Hall–Kier alpha value is -1.40. The number of nitrogens with two attached hydrogens (primary N) is 1. The van der Waals surface area contributed by atoms with Crippen molar-refractivity contribution in [1.29, 1.82) is 0 Å². The largest absolute Gasteiger partial charge is 0.407 e. The minimum absolute atomic E-state index is 0.00791. The Morgan fingerprint density at radius 2 is 1.30 bits per heavy atom. The molecule has 6 heteroatoms. The molecule has 1 heterocycles. The maximum absolute atomic E-state index is 13.8. The topological polar surface area (TPSA) is 87.7 Å². The third-order valence-electron chi connectivity index (χ3n) is 9.02. The van der Waals surface area contributed by atoms with E-state index in [9.17, 15) is 9.59 Å². The van der Waals surface area contributed by atoms with Crippen molar-refractivity contribution in [2.45, 2.75) is 174 Å². The summed E-state index contributed by atoms with van der Waals surface area (Å²) >= 11 is 0. The lowest BCUT2D eigenvalue weighted by Gasteiger charge is -2.21. The molecule has 5 unspecified atom stereocenters. The second kappa shape index (κ2) is 20.5. The van der Waals surface area contributed by atoms with E-state index in [-0.39, 0.29) is 30.6 Å². The molecule has 3 N–H and O–H groups in total. The Bertz CT molecular complexity index is 749. The average Bonchev–Trinajstić information content (AvgIpc) is 3.61. The molecule has 2 fully saturated rings. The Morgan fingerprint density at radius 3 is 1.73 bits per heavy atom. The summed E-state index contributed by atoms with van der Waals surface area (Å²) in [6, 6.07) is -0.492. The molecule has 2 aliphatic rings. The number of hydrogen-bond acceptors (Lipinski definition) is 4. The van der Waals surface area contributed by atoms with Crippen LogP contribution in [-0.2, 0) is 14.3 Å². The average molecular weight is 562 g/mol. The molecule has 2 amide bonds. The van der Waals surface area contributed by atoms with Crippen LogP contribution in [0.15, 0.2) is 0 Å². The second-order valence-electron chi connectivity index (χ2n) is 13.1. The van der Waals surface area contributed by atoms with Gasteiger partial charge in [0.05, 0.1) is 13.0 Å². The number of primary amides is 1. The molecule has 1 aliphatic heterocycles. The quantitative estimate of drug-likeness (QED) is 0.139. The maximum atomic E-state index is 13.8. The fourth-order valence-electron chi connectivity index (χ4n) is 6.38. The van der Waals surface area contributed by atoms with Crippen LogP contribution in [0.5, 0.6) is 0 Å². The highest BCUT2D eigenvalue weighted by Crippen LogP contribution is 2.25. The summed E-state index contributed by atoms with van der Waals surface area (Å²) in [5.74, 6) is 0.723. The lowest BCUT2D eigenvalue weighted by molar-refractivity contribution is -0.459.